The lowest BCUT2D eigenvalue weighted by Gasteiger charge is -2.13. The highest BCUT2D eigenvalue weighted by atomic mass is 19.1. The molecule has 7 heteroatoms. The first-order valence-corrected chi connectivity index (χ1v) is 7.90. The van der Waals surface area contributed by atoms with E-state index >= 15 is 0 Å². The lowest BCUT2D eigenvalue weighted by Crippen LogP contribution is -2.33. The van der Waals surface area contributed by atoms with E-state index in [0.717, 1.165) is 37.8 Å². The van der Waals surface area contributed by atoms with Crippen LogP contribution in [-0.2, 0) is 0 Å². The van der Waals surface area contributed by atoms with Crippen molar-refractivity contribution in [2.75, 3.05) is 5.32 Å². The van der Waals surface area contributed by atoms with Crippen LogP contribution in [0.25, 0.3) is 0 Å². The first kappa shape index (κ1) is 16.3. The fourth-order valence-corrected chi connectivity index (χ4v) is 2.80. The fraction of sp³-hybridized carbons (Fsp3) is 0.353. The first-order chi connectivity index (χ1) is 11.5. The zero-order valence-corrected chi connectivity index (χ0v) is 13.3. The fourth-order valence-electron chi connectivity index (χ4n) is 2.80. The SMILES string of the molecule is Cc1cc(C(=O)NC2CCCC2)nc(Nc2c(F)cccc2F)n1. The number of nitrogens with one attached hydrogen (secondary N) is 2. The van der Waals surface area contributed by atoms with Crippen molar-refractivity contribution < 1.29 is 13.6 Å². The minimum atomic E-state index is -0.753. The van der Waals surface area contributed by atoms with Gasteiger partial charge in [0.15, 0.2) is 0 Å². The Morgan fingerprint density at radius 1 is 1.17 bits per heavy atom. The molecule has 5 nitrogen and oxygen atoms in total. The van der Waals surface area contributed by atoms with Crippen LogP contribution in [0.15, 0.2) is 24.3 Å². The number of nitrogens with zero attached hydrogens (tertiary/aromatic N) is 2. The van der Waals surface area contributed by atoms with Crippen molar-refractivity contribution in [1.29, 1.82) is 0 Å². The van der Waals surface area contributed by atoms with E-state index in [1.165, 1.54) is 6.07 Å². The number of hydrogen-bond donors (Lipinski definition) is 2. The van der Waals surface area contributed by atoms with Gasteiger partial charge in [-0.3, -0.25) is 4.79 Å². The molecule has 2 aromatic rings. The standard InChI is InChI=1S/C17H18F2N4O/c1-10-9-14(16(24)21-11-5-2-3-6-11)22-17(20-10)23-15-12(18)7-4-8-13(15)19/h4,7-9,11H,2-3,5-6H2,1H3,(H,21,24)(H,20,22,23). The Hall–Kier alpha value is -2.57. The van der Waals surface area contributed by atoms with Crippen LogP contribution < -0.4 is 10.6 Å². The third-order valence-electron chi connectivity index (χ3n) is 3.98. The van der Waals surface area contributed by atoms with Gasteiger partial charge in [0.05, 0.1) is 0 Å². The monoisotopic (exact) mass is 332 g/mol. The maximum atomic E-state index is 13.7. The molecule has 0 saturated heterocycles. The summed E-state index contributed by atoms with van der Waals surface area (Å²) in [7, 11) is 0. The van der Waals surface area contributed by atoms with Crippen LogP contribution in [0.2, 0.25) is 0 Å². The van der Waals surface area contributed by atoms with Crippen molar-refractivity contribution in [1.82, 2.24) is 15.3 Å². The van der Waals surface area contributed by atoms with Gasteiger partial charge in [0.1, 0.15) is 23.0 Å². The van der Waals surface area contributed by atoms with Crippen molar-refractivity contribution in [3.8, 4) is 0 Å². The summed E-state index contributed by atoms with van der Waals surface area (Å²) in [6.45, 7) is 1.69. The number of para-hydroxylation sites is 1. The highest BCUT2D eigenvalue weighted by Crippen LogP contribution is 2.22. The van der Waals surface area contributed by atoms with Gasteiger partial charge in [0.2, 0.25) is 5.95 Å². The lowest BCUT2D eigenvalue weighted by atomic mass is 10.2. The van der Waals surface area contributed by atoms with Gasteiger partial charge >= 0.3 is 0 Å². The molecule has 0 unspecified atom stereocenters. The van der Waals surface area contributed by atoms with Gasteiger partial charge in [-0.2, -0.15) is 0 Å². The van der Waals surface area contributed by atoms with Crippen molar-refractivity contribution in [2.45, 2.75) is 38.6 Å². The quantitative estimate of drug-likeness (QED) is 0.899. The molecule has 1 aliphatic carbocycles. The summed E-state index contributed by atoms with van der Waals surface area (Å²) in [4.78, 5) is 20.5. The Balaban J connectivity index is 1.82. The molecule has 1 aromatic heterocycles. The van der Waals surface area contributed by atoms with E-state index in [0.29, 0.717) is 5.69 Å². The normalized spacial score (nSPS) is 14.6. The maximum Gasteiger partial charge on any atom is 0.270 e. The van der Waals surface area contributed by atoms with Crippen molar-refractivity contribution >= 4 is 17.5 Å². The Kier molecular flexibility index (Phi) is 4.69. The summed E-state index contributed by atoms with van der Waals surface area (Å²) in [6.07, 6.45) is 4.13. The number of carbonyl (C=O) groups excluding carboxylic acids is 1. The molecule has 0 spiro atoms. The lowest BCUT2D eigenvalue weighted by molar-refractivity contribution is 0.0932. The molecular formula is C17H18F2N4O. The number of benzene rings is 1. The van der Waals surface area contributed by atoms with E-state index in [9.17, 15) is 13.6 Å². The molecule has 1 aliphatic rings. The number of hydrogen-bond acceptors (Lipinski definition) is 4. The van der Waals surface area contributed by atoms with Gasteiger partial charge < -0.3 is 10.6 Å². The van der Waals surface area contributed by atoms with E-state index < -0.39 is 11.6 Å². The van der Waals surface area contributed by atoms with E-state index in [1.54, 1.807) is 13.0 Å². The molecule has 1 amide bonds. The number of rotatable bonds is 4. The zero-order chi connectivity index (χ0) is 17.1. The van der Waals surface area contributed by atoms with Crippen LogP contribution in [0.1, 0.15) is 41.9 Å². The number of amides is 1. The molecule has 1 aromatic carbocycles. The summed E-state index contributed by atoms with van der Waals surface area (Å²) in [5.41, 5.74) is 0.361. The largest absolute Gasteiger partial charge is 0.348 e. The van der Waals surface area contributed by atoms with E-state index in [4.69, 9.17) is 0 Å². The highest BCUT2D eigenvalue weighted by Gasteiger charge is 2.20. The molecule has 0 radical (unpaired) electrons. The number of aromatic nitrogens is 2. The van der Waals surface area contributed by atoms with Gasteiger partial charge in [-0.05, 0) is 38.0 Å². The van der Waals surface area contributed by atoms with Crippen molar-refractivity contribution in [3.63, 3.8) is 0 Å². The van der Waals surface area contributed by atoms with Crippen LogP contribution in [-0.4, -0.2) is 21.9 Å². The summed E-state index contributed by atoms with van der Waals surface area (Å²) >= 11 is 0. The topological polar surface area (TPSA) is 66.9 Å². The van der Waals surface area contributed by atoms with Crippen LogP contribution in [0.5, 0.6) is 0 Å². The van der Waals surface area contributed by atoms with E-state index in [2.05, 4.69) is 20.6 Å². The average molecular weight is 332 g/mol. The summed E-state index contributed by atoms with van der Waals surface area (Å²) in [6, 6.07) is 5.25. The molecule has 0 bridgehead atoms. The van der Waals surface area contributed by atoms with Gasteiger partial charge in [-0.15, -0.1) is 0 Å². The summed E-state index contributed by atoms with van der Waals surface area (Å²) < 4.78 is 27.5. The zero-order valence-electron chi connectivity index (χ0n) is 13.3. The smallest absolute Gasteiger partial charge is 0.270 e. The molecular weight excluding hydrogens is 314 g/mol. The minimum Gasteiger partial charge on any atom is -0.348 e. The molecule has 0 atom stereocenters. The van der Waals surface area contributed by atoms with Crippen LogP contribution >= 0.6 is 0 Å². The third-order valence-corrected chi connectivity index (χ3v) is 3.98. The maximum absolute atomic E-state index is 13.7. The van der Waals surface area contributed by atoms with Gasteiger partial charge in [-0.25, -0.2) is 18.7 Å². The van der Waals surface area contributed by atoms with Gasteiger partial charge in [0.25, 0.3) is 5.91 Å². The van der Waals surface area contributed by atoms with Gasteiger partial charge in [-0.1, -0.05) is 18.9 Å². The van der Waals surface area contributed by atoms with Crippen LogP contribution in [0.3, 0.4) is 0 Å². The Labute approximate surface area is 138 Å². The second-order valence-electron chi connectivity index (χ2n) is 5.89. The Bertz CT molecular complexity index is 740. The second kappa shape index (κ2) is 6.90. The molecule has 1 heterocycles. The number of halogens is 2. The van der Waals surface area contributed by atoms with Crippen molar-refractivity contribution in [2.24, 2.45) is 0 Å². The summed E-state index contributed by atoms with van der Waals surface area (Å²) in [5, 5.41) is 5.45. The molecule has 1 fully saturated rings. The predicted molar refractivity (Wildman–Crippen MR) is 86.1 cm³/mol. The molecule has 24 heavy (non-hydrogen) atoms. The van der Waals surface area contributed by atoms with Gasteiger partial charge in [0, 0.05) is 11.7 Å². The first-order valence-electron chi connectivity index (χ1n) is 7.90. The van der Waals surface area contributed by atoms with Crippen molar-refractivity contribution in [3.05, 3.63) is 47.3 Å². The Morgan fingerprint density at radius 2 is 1.83 bits per heavy atom. The molecule has 2 N–H and O–H groups in total. The minimum absolute atomic E-state index is 0.0180. The predicted octanol–water partition coefficient (Wildman–Crippen LogP) is 3.48. The summed E-state index contributed by atoms with van der Waals surface area (Å²) in [5.74, 6) is -1.82. The average Bonchev–Trinajstić information content (AvgIpc) is 3.03. The second-order valence-corrected chi connectivity index (χ2v) is 5.89. The van der Waals surface area contributed by atoms with Crippen LogP contribution in [0.4, 0.5) is 20.4 Å². The number of carbonyl (C=O) groups is 1. The Morgan fingerprint density at radius 3 is 2.50 bits per heavy atom. The third kappa shape index (κ3) is 3.67. The number of anilines is 2. The van der Waals surface area contributed by atoms with Crippen LogP contribution in [0, 0.1) is 18.6 Å². The number of aryl methyl sites for hydroxylation is 1. The highest BCUT2D eigenvalue weighted by molar-refractivity contribution is 5.92. The molecule has 1 saturated carbocycles. The molecule has 3 rings (SSSR count). The molecule has 0 aliphatic heterocycles. The molecule has 126 valence electrons. The van der Waals surface area contributed by atoms with E-state index in [-0.39, 0.29) is 29.3 Å². The van der Waals surface area contributed by atoms with E-state index in [1.807, 2.05) is 0 Å².